The summed E-state index contributed by atoms with van der Waals surface area (Å²) in [6, 6.07) is 26.3. The SMILES string of the molecule is COc1ccc2c[c]([Cd][c]3ccc4cc(OC)ccc4c3)ccc2c1. The first kappa shape index (κ1) is 16.4. The summed E-state index contributed by atoms with van der Waals surface area (Å²) in [6.45, 7) is 0. The summed E-state index contributed by atoms with van der Waals surface area (Å²) in [7, 11) is 3.42. The van der Waals surface area contributed by atoms with E-state index in [0.29, 0.717) is 0 Å². The molecule has 4 rings (SSSR count). The van der Waals surface area contributed by atoms with Gasteiger partial charge in [0, 0.05) is 0 Å². The van der Waals surface area contributed by atoms with Crippen molar-refractivity contribution in [3.05, 3.63) is 72.8 Å². The van der Waals surface area contributed by atoms with Crippen molar-refractivity contribution in [2.75, 3.05) is 14.2 Å². The standard InChI is InChI=1S/2C11H9O.Cd/c2*1-12-11-7-6-9-4-2-3-5-10(9)8-11;/h2*3-8H,1H3;. The molecule has 0 saturated heterocycles. The van der Waals surface area contributed by atoms with Gasteiger partial charge in [0.05, 0.1) is 0 Å². The third-order valence-corrected chi connectivity index (χ3v) is 9.47. The molecule has 120 valence electrons. The predicted molar refractivity (Wildman–Crippen MR) is 100 cm³/mol. The molecule has 0 spiro atoms. The van der Waals surface area contributed by atoms with Crippen LogP contribution in [0.2, 0.25) is 0 Å². The van der Waals surface area contributed by atoms with E-state index in [4.69, 9.17) is 9.47 Å². The van der Waals surface area contributed by atoms with Gasteiger partial charge < -0.3 is 0 Å². The summed E-state index contributed by atoms with van der Waals surface area (Å²) in [4.78, 5) is 0. The topological polar surface area (TPSA) is 18.5 Å². The number of fused-ring (bicyclic) bond motifs is 2. The predicted octanol–water partition coefficient (Wildman–Crippen LogP) is 4.04. The van der Waals surface area contributed by atoms with Crippen LogP contribution in [-0.4, -0.2) is 14.2 Å². The number of hydrogen-bond donors (Lipinski definition) is 0. The molecule has 0 fully saturated rings. The number of ether oxygens (including phenoxy) is 2. The molecule has 4 aromatic carbocycles. The van der Waals surface area contributed by atoms with Crippen LogP contribution in [0.15, 0.2) is 72.8 Å². The summed E-state index contributed by atoms with van der Waals surface area (Å²) < 4.78 is 13.7. The summed E-state index contributed by atoms with van der Waals surface area (Å²) >= 11 is -1.23. The first-order chi connectivity index (χ1) is 12.2. The van der Waals surface area contributed by atoms with Crippen LogP contribution in [0.4, 0.5) is 0 Å². The van der Waals surface area contributed by atoms with Crippen molar-refractivity contribution >= 4 is 27.8 Å². The van der Waals surface area contributed by atoms with E-state index in [1.807, 2.05) is 12.1 Å². The van der Waals surface area contributed by atoms with Crippen molar-refractivity contribution in [2.24, 2.45) is 0 Å². The van der Waals surface area contributed by atoms with Crippen molar-refractivity contribution in [1.82, 2.24) is 0 Å². The molecule has 0 bridgehead atoms. The summed E-state index contributed by atoms with van der Waals surface area (Å²) in [5.41, 5.74) is 0. The van der Waals surface area contributed by atoms with Crippen LogP contribution in [0.1, 0.15) is 0 Å². The molecule has 0 saturated carbocycles. The minimum atomic E-state index is -1.23. The number of hydrogen-bond acceptors (Lipinski definition) is 2. The Labute approximate surface area is 159 Å². The quantitative estimate of drug-likeness (QED) is 0.458. The van der Waals surface area contributed by atoms with Gasteiger partial charge in [-0.1, -0.05) is 0 Å². The molecule has 0 aliphatic carbocycles. The summed E-state index contributed by atoms with van der Waals surface area (Å²) in [5.74, 6) is 1.82. The van der Waals surface area contributed by atoms with Crippen molar-refractivity contribution in [1.29, 1.82) is 0 Å². The molecule has 0 aliphatic rings. The monoisotopic (exact) mass is 428 g/mol. The van der Waals surface area contributed by atoms with Crippen LogP contribution in [0.5, 0.6) is 11.5 Å². The maximum atomic E-state index is 5.31. The van der Waals surface area contributed by atoms with Gasteiger partial charge in [-0.3, -0.25) is 0 Å². The van der Waals surface area contributed by atoms with E-state index in [2.05, 4.69) is 60.7 Å². The zero-order chi connectivity index (χ0) is 17.2. The van der Waals surface area contributed by atoms with Crippen LogP contribution >= 0.6 is 0 Å². The van der Waals surface area contributed by atoms with Gasteiger partial charge in [-0.05, 0) is 0 Å². The fourth-order valence-corrected chi connectivity index (χ4v) is 7.78. The Morgan fingerprint density at radius 1 is 0.520 bits per heavy atom. The van der Waals surface area contributed by atoms with E-state index in [9.17, 15) is 0 Å². The number of methoxy groups -OCH3 is 2. The van der Waals surface area contributed by atoms with Crippen LogP contribution in [0.25, 0.3) is 21.5 Å². The van der Waals surface area contributed by atoms with Gasteiger partial charge in [-0.2, -0.15) is 0 Å². The normalized spacial score (nSPS) is 10.6. The molecule has 0 unspecified atom stereocenters. The van der Waals surface area contributed by atoms with Gasteiger partial charge >= 0.3 is 160 Å². The molecule has 0 N–H and O–H groups in total. The molecule has 0 atom stereocenters. The van der Waals surface area contributed by atoms with Gasteiger partial charge in [0.1, 0.15) is 0 Å². The Hall–Kier alpha value is -2.08. The average Bonchev–Trinajstić information content (AvgIpc) is 2.67. The molecule has 0 aliphatic heterocycles. The van der Waals surface area contributed by atoms with Crippen molar-refractivity contribution in [3.8, 4) is 11.5 Å². The second-order valence-electron chi connectivity index (χ2n) is 6.27. The van der Waals surface area contributed by atoms with Gasteiger partial charge in [0.25, 0.3) is 0 Å². The molecule has 0 heterocycles. The average molecular weight is 427 g/mol. The van der Waals surface area contributed by atoms with E-state index < -0.39 is 24.2 Å². The van der Waals surface area contributed by atoms with Gasteiger partial charge in [-0.15, -0.1) is 0 Å². The molecular weight excluding hydrogens is 409 g/mol. The Kier molecular flexibility index (Phi) is 4.62. The third kappa shape index (κ3) is 3.49. The second kappa shape index (κ2) is 7.04. The third-order valence-electron chi connectivity index (χ3n) is 4.63. The Morgan fingerprint density at radius 2 is 0.920 bits per heavy atom. The minimum absolute atomic E-state index is 0.911. The number of rotatable bonds is 4. The molecule has 3 heteroatoms. The molecule has 4 aromatic rings. The zero-order valence-corrected chi connectivity index (χ0v) is 18.5. The van der Waals surface area contributed by atoms with E-state index in [0.717, 1.165) is 11.5 Å². The van der Waals surface area contributed by atoms with Gasteiger partial charge in [-0.25, -0.2) is 0 Å². The summed E-state index contributed by atoms with van der Waals surface area (Å²) in [6.07, 6.45) is 0. The Balaban J connectivity index is 1.64. The van der Waals surface area contributed by atoms with Crippen LogP contribution < -0.4 is 15.7 Å². The first-order valence-corrected chi connectivity index (χ1v) is 12.4. The molecule has 0 amide bonds. The van der Waals surface area contributed by atoms with Crippen LogP contribution in [0, 0.1) is 0 Å². The number of benzene rings is 4. The van der Waals surface area contributed by atoms with Gasteiger partial charge in [0.15, 0.2) is 0 Å². The van der Waals surface area contributed by atoms with Crippen molar-refractivity contribution in [2.45, 2.75) is 0 Å². The fraction of sp³-hybridized carbons (Fsp3) is 0.0909. The Morgan fingerprint density at radius 3 is 1.36 bits per heavy atom. The van der Waals surface area contributed by atoms with Crippen LogP contribution in [-0.2, 0) is 24.2 Å². The van der Waals surface area contributed by atoms with E-state index >= 15 is 0 Å². The molecule has 0 aromatic heterocycles. The van der Waals surface area contributed by atoms with Crippen molar-refractivity contribution in [3.63, 3.8) is 0 Å². The molecular formula is C22H18CdO2. The van der Waals surface area contributed by atoms with E-state index in [-0.39, 0.29) is 0 Å². The van der Waals surface area contributed by atoms with Crippen LogP contribution in [0.3, 0.4) is 0 Å². The second-order valence-corrected chi connectivity index (χ2v) is 11.9. The van der Waals surface area contributed by atoms with Gasteiger partial charge in [0.2, 0.25) is 0 Å². The molecule has 25 heavy (non-hydrogen) atoms. The molecule has 2 nitrogen and oxygen atoms in total. The Bertz CT molecular complexity index is 971. The first-order valence-electron chi connectivity index (χ1n) is 8.38. The van der Waals surface area contributed by atoms with E-state index in [1.54, 1.807) is 14.2 Å². The van der Waals surface area contributed by atoms with E-state index in [1.165, 1.54) is 27.8 Å². The molecule has 0 radical (unpaired) electrons. The summed E-state index contributed by atoms with van der Waals surface area (Å²) in [5, 5.41) is 5.06. The fourth-order valence-electron chi connectivity index (χ4n) is 3.26. The maximum absolute atomic E-state index is 5.31. The zero-order valence-electron chi connectivity index (χ0n) is 14.5. The van der Waals surface area contributed by atoms with Crippen molar-refractivity contribution < 1.29 is 33.7 Å².